The van der Waals surface area contributed by atoms with Crippen LogP contribution in [0.5, 0.6) is 0 Å². The molecule has 0 saturated heterocycles. The Morgan fingerprint density at radius 1 is 1.28 bits per heavy atom. The topological polar surface area (TPSA) is 97.9 Å². The average Bonchev–Trinajstić information content (AvgIpc) is 3.28. The smallest absolute Gasteiger partial charge is 0.300 e. The largest absolute Gasteiger partial charge is 0.316 e. The molecule has 1 aromatic carbocycles. The van der Waals surface area contributed by atoms with Crippen molar-refractivity contribution in [3.63, 3.8) is 0 Å². The Morgan fingerprint density at radius 2 is 2.07 bits per heavy atom. The van der Waals surface area contributed by atoms with Crippen LogP contribution in [0.2, 0.25) is 0 Å². The van der Waals surface area contributed by atoms with Crippen LogP contribution in [0.15, 0.2) is 40.2 Å². The second-order valence-electron chi connectivity index (χ2n) is 6.89. The van der Waals surface area contributed by atoms with Gasteiger partial charge in [0.25, 0.3) is 5.56 Å². The van der Waals surface area contributed by atoms with E-state index in [1.54, 1.807) is 24.3 Å². The van der Waals surface area contributed by atoms with E-state index in [0.29, 0.717) is 22.1 Å². The van der Waals surface area contributed by atoms with Crippen molar-refractivity contribution in [3.05, 3.63) is 61.9 Å². The van der Waals surface area contributed by atoms with E-state index in [4.69, 9.17) is 0 Å². The normalized spacial score (nSPS) is 13.5. The molecular formula is C20H18N6O2S. The minimum atomic E-state index is -0.468. The standard InChI is InChI=1S/C20H18N6O2S/c1-3-26-17-13-10-21-25(2)14(13)8-9-15(17)29-20(26)22-19(28)16-11-6-4-5-7-12(11)18(27)24-23-16/h4-7,10H,3,8-9H2,1-2H3,(H,24,27). The minimum Gasteiger partial charge on any atom is -0.316 e. The molecule has 9 heteroatoms. The number of fused-ring (bicyclic) bond motifs is 4. The number of thiazole rings is 1. The summed E-state index contributed by atoms with van der Waals surface area (Å²) in [5, 5.41) is 11.7. The monoisotopic (exact) mass is 406 g/mol. The fourth-order valence-corrected chi connectivity index (χ4v) is 5.11. The second kappa shape index (κ2) is 6.63. The lowest BCUT2D eigenvalue weighted by molar-refractivity contribution is 0.0994. The molecule has 146 valence electrons. The van der Waals surface area contributed by atoms with E-state index in [2.05, 4.69) is 24.9 Å². The van der Waals surface area contributed by atoms with Crippen molar-refractivity contribution in [2.24, 2.45) is 12.0 Å². The van der Waals surface area contributed by atoms with Crippen LogP contribution in [0.1, 0.15) is 28.0 Å². The first-order valence-corrected chi connectivity index (χ1v) is 10.2. The molecule has 1 amide bonds. The third-order valence-corrected chi connectivity index (χ3v) is 6.44. The Balaban J connectivity index is 1.69. The molecule has 1 aliphatic rings. The lowest BCUT2D eigenvalue weighted by Crippen LogP contribution is -2.19. The molecule has 3 heterocycles. The van der Waals surface area contributed by atoms with Gasteiger partial charge >= 0.3 is 5.91 Å². The van der Waals surface area contributed by atoms with Crippen LogP contribution in [-0.2, 0) is 26.4 Å². The highest BCUT2D eigenvalue weighted by molar-refractivity contribution is 7.09. The third-order valence-electron chi connectivity index (χ3n) is 5.30. The highest BCUT2D eigenvalue weighted by Gasteiger charge is 2.25. The van der Waals surface area contributed by atoms with Crippen LogP contribution in [-0.4, -0.2) is 30.5 Å². The highest BCUT2D eigenvalue weighted by Crippen LogP contribution is 2.34. The first-order chi connectivity index (χ1) is 14.1. The van der Waals surface area contributed by atoms with Gasteiger partial charge in [0.05, 0.1) is 17.3 Å². The molecule has 1 aliphatic carbocycles. The second-order valence-corrected chi connectivity index (χ2v) is 7.96. The summed E-state index contributed by atoms with van der Waals surface area (Å²) in [7, 11) is 1.95. The van der Waals surface area contributed by atoms with Crippen molar-refractivity contribution >= 4 is 28.0 Å². The van der Waals surface area contributed by atoms with E-state index in [0.717, 1.165) is 24.1 Å². The fourth-order valence-electron chi connectivity index (χ4n) is 3.91. The van der Waals surface area contributed by atoms with Crippen LogP contribution < -0.4 is 10.4 Å². The number of nitrogens with zero attached hydrogens (tertiary/aromatic N) is 5. The van der Waals surface area contributed by atoms with Gasteiger partial charge in [0.1, 0.15) is 0 Å². The number of amides is 1. The van der Waals surface area contributed by atoms with Gasteiger partial charge in [-0.1, -0.05) is 18.2 Å². The zero-order valence-electron chi connectivity index (χ0n) is 16.0. The lowest BCUT2D eigenvalue weighted by Gasteiger charge is -2.15. The molecule has 3 aromatic heterocycles. The van der Waals surface area contributed by atoms with Crippen molar-refractivity contribution in [1.29, 1.82) is 0 Å². The number of hydrogen-bond donors (Lipinski definition) is 1. The number of carbonyl (C=O) groups excluding carboxylic acids is 1. The Labute approximate surface area is 169 Å². The quantitative estimate of drug-likeness (QED) is 0.551. The highest BCUT2D eigenvalue weighted by atomic mass is 32.1. The maximum Gasteiger partial charge on any atom is 0.300 e. The number of hydrogen-bond acceptors (Lipinski definition) is 5. The van der Waals surface area contributed by atoms with Gasteiger partial charge in [-0.2, -0.15) is 15.2 Å². The van der Waals surface area contributed by atoms with Crippen LogP contribution in [0.4, 0.5) is 0 Å². The maximum absolute atomic E-state index is 13.0. The molecular weight excluding hydrogens is 388 g/mol. The molecule has 8 nitrogen and oxygen atoms in total. The van der Waals surface area contributed by atoms with Crippen LogP contribution in [0.25, 0.3) is 22.0 Å². The van der Waals surface area contributed by atoms with E-state index >= 15 is 0 Å². The first kappa shape index (κ1) is 17.7. The summed E-state index contributed by atoms with van der Waals surface area (Å²) in [5.74, 6) is -0.468. The van der Waals surface area contributed by atoms with Crippen LogP contribution in [0, 0.1) is 0 Å². The first-order valence-electron chi connectivity index (χ1n) is 9.38. The van der Waals surface area contributed by atoms with Crippen molar-refractivity contribution in [3.8, 4) is 11.3 Å². The SMILES string of the molecule is CCn1c2c(sc1=NC(=O)c1n[nH]c(=O)c3ccccc13)CCc1c-2cnn1C. The van der Waals surface area contributed by atoms with E-state index in [-0.39, 0.29) is 11.3 Å². The molecule has 4 aromatic rings. The van der Waals surface area contributed by atoms with E-state index in [1.807, 2.05) is 24.9 Å². The van der Waals surface area contributed by atoms with Gasteiger partial charge in [0.2, 0.25) is 0 Å². The Kier molecular flexibility index (Phi) is 4.06. The number of rotatable bonds is 2. The van der Waals surface area contributed by atoms with Crippen molar-refractivity contribution in [2.75, 3.05) is 0 Å². The van der Waals surface area contributed by atoms with Gasteiger partial charge in [0, 0.05) is 35.1 Å². The molecule has 5 rings (SSSR count). The summed E-state index contributed by atoms with van der Waals surface area (Å²) in [6.45, 7) is 2.72. The fraction of sp³-hybridized carbons (Fsp3) is 0.250. The van der Waals surface area contributed by atoms with Crippen LogP contribution in [0.3, 0.4) is 0 Å². The number of carbonyl (C=O) groups is 1. The summed E-state index contributed by atoms with van der Waals surface area (Å²) in [6, 6.07) is 6.93. The summed E-state index contributed by atoms with van der Waals surface area (Å²) >= 11 is 1.53. The summed E-state index contributed by atoms with van der Waals surface area (Å²) in [6.07, 6.45) is 3.70. The zero-order valence-corrected chi connectivity index (χ0v) is 16.8. The van der Waals surface area contributed by atoms with Crippen molar-refractivity contribution in [2.45, 2.75) is 26.3 Å². The molecule has 1 N–H and O–H groups in total. The number of aromatic nitrogens is 5. The molecule has 0 atom stereocenters. The van der Waals surface area contributed by atoms with Gasteiger partial charge in [-0.25, -0.2) is 5.10 Å². The predicted octanol–water partition coefficient (Wildman–Crippen LogP) is 2.05. The average molecular weight is 406 g/mol. The number of aromatic amines is 1. The van der Waals surface area contributed by atoms with Crippen LogP contribution >= 0.6 is 11.3 Å². The zero-order chi connectivity index (χ0) is 20.1. The Hall–Kier alpha value is -3.33. The molecule has 0 spiro atoms. The number of benzene rings is 1. The van der Waals surface area contributed by atoms with E-state index < -0.39 is 5.91 Å². The van der Waals surface area contributed by atoms with Gasteiger partial charge < -0.3 is 4.57 Å². The summed E-state index contributed by atoms with van der Waals surface area (Å²) in [4.78, 5) is 31.2. The molecule has 29 heavy (non-hydrogen) atoms. The molecule has 0 saturated carbocycles. The predicted molar refractivity (Wildman–Crippen MR) is 110 cm³/mol. The van der Waals surface area contributed by atoms with Gasteiger partial charge in [0.15, 0.2) is 10.5 Å². The Bertz CT molecular complexity index is 1400. The van der Waals surface area contributed by atoms with Gasteiger partial charge in [-0.15, -0.1) is 11.3 Å². The molecule has 0 bridgehead atoms. The molecule has 0 fully saturated rings. The number of aryl methyl sites for hydroxylation is 2. The molecule has 0 radical (unpaired) electrons. The number of nitrogens with one attached hydrogen (secondary N) is 1. The Morgan fingerprint density at radius 3 is 2.86 bits per heavy atom. The van der Waals surface area contributed by atoms with E-state index in [9.17, 15) is 9.59 Å². The molecule has 0 aliphatic heterocycles. The van der Waals surface area contributed by atoms with Gasteiger partial charge in [-0.3, -0.25) is 14.3 Å². The van der Waals surface area contributed by atoms with Crippen molar-refractivity contribution in [1.82, 2.24) is 24.5 Å². The number of H-pyrrole nitrogens is 1. The summed E-state index contributed by atoms with van der Waals surface area (Å²) in [5.41, 5.74) is 3.22. The lowest BCUT2D eigenvalue weighted by atomic mass is 10.00. The van der Waals surface area contributed by atoms with Crippen molar-refractivity contribution < 1.29 is 4.79 Å². The molecule has 0 unspecified atom stereocenters. The van der Waals surface area contributed by atoms with E-state index in [1.165, 1.54) is 21.9 Å². The summed E-state index contributed by atoms with van der Waals surface area (Å²) < 4.78 is 3.97. The minimum absolute atomic E-state index is 0.149. The third kappa shape index (κ3) is 2.69. The van der Waals surface area contributed by atoms with Gasteiger partial charge in [-0.05, 0) is 25.8 Å². The maximum atomic E-state index is 13.0.